The summed E-state index contributed by atoms with van der Waals surface area (Å²) in [4.78, 5) is 21.4. The molecule has 0 bridgehead atoms. The number of hydrogen-bond acceptors (Lipinski definition) is 5. The molecule has 0 fully saturated rings. The van der Waals surface area contributed by atoms with Crippen LogP contribution >= 0.6 is 0 Å². The average Bonchev–Trinajstić information content (AvgIpc) is 3.10. The molecular formula is C23H28N4O3. The summed E-state index contributed by atoms with van der Waals surface area (Å²) >= 11 is 0. The van der Waals surface area contributed by atoms with Crippen molar-refractivity contribution in [3.63, 3.8) is 0 Å². The molecule has 0 unspecified atom stereocenters. The summed E-state index contributed by atoms with van der Waals surface area (Å²) in [5.74, 6) is 0.785. The zero-order valence-electron chi connectivity index (χ0n) is 18.0. The molecule has 0 saturated heterocycles. The molecule has 0 atom stereocenters. The van der Waals surface area contributed by atoms with Crippen molar-refractivity contribution in [2.45, 2.75) is 46.7 Å². The number of ether oxygens (including phenoxy) is 1. The summed E-state index contributed by atoms with van der Waals surface area (Å²) in [7, 11) is 0. The Bertz CT molecular complexity index is 1160. The number of hydrogen-bond donors (Lipinski definition) is 2. The molecular weight excluding hydrogens is 380 g/mol. The van der Waals surface area contributed by atoms with Crippen molar-refractivity contribution in [2.24, 2.45) is 21.5 Å². The summed E-state index contributed by atoms with van der Waals surface area (Å²) in [5, 5.41) is 2.37. The minimum absolute atomic E-state index is 0.0312. The van der Waals surface area contributed by atoms with E-state index in [9.17, 15) is 4.79 Å². The first-order chi connectivity index (χ1) is 14.2. The van der Waals surface area contributed by atoms with Gasteiger partial charge in [0.1, 0.15) is 11.4 Å². The van der Waals surface area contributed by atoms with Crippen molar-refractivity contribution in [3.8, 4) is 0 Å². The van der Waals surface area contributed by atoms with Crippen LogP contribution < -0.4 is 11.5 Å². The highest BCUT2D eigenvalue weighted by molar-refractivity contribution is 6.17. The summed E-state index contributed by atoms with van der Waals surface area (Å²) in [5.41, 5.74) is 14.0. The molecule has 1 aromatic heterocycles. The molecule has 3 rings (SSSR count). The number of nitrogens with two attached hydrogens (primary N) is 2. The molecule has 0 saturated carbocycles. The fraction of sp³-hybridized carbons (Fsp3) is 0.348. The van der Waals surface area contributed by atoms with E-state index in [4.69, 9.17) is 20.6 Å². The van der Waals surface area contributed by atoms with Gasteiger partial charge in [0.25, 0.3) is 0 Å². The first kappa shape index (κ1) is 21.4. The predicted molar refractivity (Wildman–Crippen MR) is 121 cm³/mol. The van der Waals surface area contributed by atoms with E-state index < -0.39 is 5.97 Å². The van der Waals surface area contributed by atoms with E-state index in [-0.39, 0.29) is 18.7 Å². The Morgan fingerprint density at radius 2 is 1.63 bits per heavy atom. The molecule has 0 aliphatic rings. The standard InChI is InChI=1S/C23H28N4O3/c1-6-29-23(28)18-11-19-17(10-20(30-19)22(25)27-13(4)5)16-9-14(7-8-15(16)18)21(24)26-12(2)3/h7-13H,6H2,1-5H3,(H2,24,26)(H2,25,27). The van der Waals surface area contributed by atoms with Crippen LogP contribution in [0.5, 0.6) is 0 Å². The van der Waals surface area contributed by atoms with Crippen LogP contribution in [0.4, 0.5) is 0 Å². The number of carbonyl (C=O) groups is 1. The molecule has 0 aliphatic carbocycles. The lowest BCUT2D eigenvalue weighted by molar-refractivity contribution is 0.0528. The van der Waals surface area contributed by atoms with Gasteiger partial charge >= 0.3 is 5.97 Å². The highest BCUT2D eigenvalue weighted by atomic mass is 16.5. The van der Waals surface area contributed by atoms with Crippen molar-refractivity contribution < 1.29 is 13.9 Å². The van der Waals surface area contributed by atoms with E-state index in [0.717, 1.165) is 21.7 Å². The Morgan fingerprint density at radius 3 is 2.27 bits per heavy atom. The number of carbonyl (C=O) groups excluding carboxylic acids is 1. The van der Waals surface area contributed by atoms with Crippen LogP contribution in [0.15, 0.2) is 44.7 Å². The molecule has 0 radical (unpaired) electrons. The second-order valence-electron chi connectivity index (χ2n) is 7.64. The number of nitrogens with zero attached hydrogens (tertiary/aromatic N) is 2. The van der Waals surface area contributed by atoms with Crippen molar-refractivity contribution in [1.82, 2.24) is 0 Å². The van der Waals surface area contributed by atoms with Crippen LogP contribution in [0, 0.1) is 0 Å². The van der Waals surface area contributed by atoms with E-state index in [1.807, 2.05) is 52.0 Å². The maximum Gasteiger partial charge on any atom is 0.338 e. The lowest BCUT2D eigenvalue weighted by atomic mass is 9.98. The van der Waals surface area contributed by atoms with Crippen LogP contribution in [-0.4, -0.2) is 36.3 Å². The SMILES string of the molecule is CCOC(=O)c1cc2oc(C(N)=NC(C)C)cc2c2cc(C(N)=NC(C)C)ccc12. The maximum absolute atomic E-state index is 12.6. The largest absolute Gasteiger partial charge is 0.462 e. The Labute approximate surface area is 175 Å². The van der Waals surface area contributed by atoms with E-state index in [1.165, 1.54) is 0 Å². The van der Waals surface area contributed by atoms with Crippen molar-refractivity contribution >= 4 is 39.4 Å². The van der Waals surface area contributed by atoms with Gasteiger partial charge in [-0.25, -0.2) is 4.79 Å². The Hall–Kier alpha value is -3.35. The zero-order valence-corrected chi connectivity index (χ0v) is 18.0. The number of esters is 1. The number of fused-ring (bicyclic) bond motifs is 3. The van der Waals surface area contributed by atoms with Crippen molar-refractivity contribution in [3.05, 3.63) is 47.2 Å². The van der Waals surface area contributed by atoms with Gasteiger partial charge in [-0.2, -0.15) is 0 Å². The molecule has 30 heavy (non-hydrogen) atoms. The van der Waals surface area contributed by atoms with Crippen LogP contribution in [0.25, 0.3) is 21.7 Å². The number of aliphatic imine (C=N–C) groups is 2. The third-order valence-electron chi connectivity index (χ3n) is 4.47. The molecule has 0 aliphatic heterocycles. The topological polar surface area (TPSA) is 116 Å². The average molecular weight is 409 g/mol. The van der Waals surface area contributed by atoms with Gasteiger partial charge in [0.15, 0.2) is 11.6 Å². The molecule has 0 amide bonds. The van der Waals surface area contributed by atoms with Gasteiger partial charge in [-0.05, 0) is 63.6 Å². The first-order valence-corrected chi connectivity index (χ1v) is 10.1. The van der Waals surface area contributed by atoms with Gasteiger partial charge in [0.05, 0.1) is 12.2 Å². The lowest BCUT2D eigenvalue weighted by Crippen LogP contribution is -2.15. The second-order valence-corrected chi connectivity index (χ2v) is 7.64. The van der Waals surface area contributed by atoms with E-state index in [0.29, 0.717) is 28.6 Å². The second kappa shape index (κ2) is 8.57. The fourth-order valence-electron chi connectivity index (χ4n) is 3.29. The Kier molecular flexibility index (Phi) is 6.10. The number of amidine groups is 2. The highest BCUT2D eigenvalue weighted by Crippen LogP contribution is 2.32. The first-order valence-electron chi connectivity index (χ1n) is 10.1. The Balaban J connectivity index is 2.31. The molecule has 3 aromatic rings. The van der Waals surface area contributed by atoms with Gasteiger partial charge in [-0.3, -0.25) is 9.98 Å². The zero-order chi connectivity index (χ0) is 22.0. The normalized spacial score (nSPS) is 13.0. The molecule has 4 N–H and O–H groups in total. The highest BCUT2D eigenvalue weighted by Gasteiger charge is 2.19. The minimum Gasteiger partial charge on any atom is -0.462 e. The third kappa shape index (κ3) is 4.30. The summed E-state index contributed by atoms with van der Waals surface area (Å²) in [6, 6.07) is 9.25. The third-order valence-corrected chi connectivity index (χ3v) is 4.47. The maximum atomic E-state index is 12.6. The minimum atomic E-state index is -0.414. The fourth-order valence-corrected chi connectivity index (χ4v) is 3.29. The van der Waals surface area contributed by atoms with Crippen LogP contribution in [0.2, 0.25) is 0 Å². The van der Waals surface area contributed by atoms with Gasteiger partial charge < -0.3 is 20.6 Å². The van der Waals surface area contributed by atoms with E-state index in [1.54, 1.807) is 13.0 Å². The van der Waals surface area contributed by atoms with Crippen LogP contribution in [0.3, 0.4) is 0 Å². The van der Waals surface area contributed by atoms with Gasteiger partial charge in [-0.1, -0.05) is 12.1 Å². The summed E-state index contributed by atoms with van der Waals surface area (Å²) < 4.78 is 11.2. The van der Waals surface area contributed by atoms with E-state index >= 15 is 0 Å². The van der Waals surface area contributed by atoms with Gasteiger partial charge in [0, 0.05) is 23.0 Å². The molecule has 158 valence electrons. The van der Waals surface area contributed by atoms with E-state index in [2.05, 4.69) is 9.98 Å². The molecule has 7 nitrogen and oxygen atoms in total. The van der Waals surface area contributed by atoms with Gasteiger partial charge in [0.2, 0.25) is 0 Å². The molecule has 0 spiro atoms. The molecule has 1 heterocycles. The number of benzene rings is 2. The summed E-state index contributed by atoms with van der Waals surface area (Å²) in [6.07, 6.45) is 0. The smallest absolute Gasteiger partial charge is 0.338 e. The predicted octanol–water partition coefficient (Wildman–Crippen LogP) is 3.99. The van der Waals surface area contributed by atoms with Crippen molar-refractivity contribution in [1.29, 1.82) is 0 Å². The Morgan fingerprint density at radius 1 is 0.967 bits per heavy atom. The van der Waals surface area contributed by atoms with Gasteiger partial charge in [-0.15, -0.1) is 0 Å². The monoisotopic (exact) mass is 408 g/mol. The number of furan rings is 1. The lowest BCUT2D eigenvalue weighted by Gasteiger charge is -2.10. The molecule has 2 aromatic carbocycles. The van der Waals surface area contributed by atoms with Crippen LogP contribution in [0.1, 0.15) is 56.3 Å². The van der Waals surface area contributed by atoms with Crippen LogP contribution in [-0.2, 0) is 4.74 Å². The number of rotatable bonds is 6. The molecule has 7 heteroatoms. The quantitative estimate of drug-likeness (QED) is 0.363. The van der Waals surface area contributed by atoms with Crippen molar-refractivity contribution in [2.75, 3.05) is 6.61 Å². The summed E-state index contributed by atoms with van der Waals surface area (Å²) in [6.45, 7) is 9.85.